The van der Waals surface area contributed by atoms with Crippen molar-refractivity contribution in [3.05, 3.63) is 29.8 Å². The maximum Gasteiger partial charge on any atom is 0.227 e. The molecule has 0 radical (unpaired) electrons. The molecule has 0 spiro atoms. The highest BCUT2D eigenvalue weighted by molar-refractivity contribution is 7.88. The van der Waals surface area contributed by atoms with Crippen molar-refractivity contribution >= 4 is 15.9 Å². The van der Waals surface area contributed by atoms with E-state index >= 15 is 0 Å². The molecule has 1 aromatic carbocycles. The third-order valence-electron chi connectivity index (χ3n) is 5.70. The zero-order valence-electron chi connectivity index (χ0n) is 15.6. The highest BCUT2D eigenvalue weighted by Gasteiger charge is 2.35. The number of hydrogen-bond acceptors (Lipinski definition) is 4. The lowest BCUT2D eigenvalue weighted by atomic mass is 9.84. The molecule has 1 aromatic rings. The minimum Gasteiger partial charge on any atom is -0.497 e. The number of ether oxygens (including phenoxy) is 1. The third-order valence-corrected chi connectivity index (χ3v) is 7.00. The van der Waals surface area contributed by atoms with Crippen LogP contribution in [-0.2, 0) is 21.2 Å². The van der Waals surface area contributed by atoms with Crippen molar-refractivity contribution < 1.29 is 17.9 Å². The van der Waals surface area contributed by atoms with Gasteiger partial charge >= 0.3 is 0 Å². The summed E-state index contributed by atoms with van der Waals surface area (Å²) < 4.78 is 30.1. The van der Waals surface area contributed by atoms with Gasteiger partial charge < -0.3 is 9.64 Å². The number of amides is 1. The van der Waals surface area contributed by atoms with Gasteiger partial charge in [0.1, 0.15) is 5.75 Å². The lowest BCUT2D eigenvalue weighted by Crippen LogP contribution is -2.40. The van der Waals surface area contributed by atoms with E-state index < -0.39 is 10.0 Å². The molecule has 1 atom stereocenters. The summed E-state index contributed by atoms with van der Waals surface area (Å²) in [7, 11) is -1.45. The zero-order chi connectivity index (χ0) is 18.7. The lowest BCUT2D eigenvalue weighted by molar-refractivity contribution is -0.129. The first kappa shape index (κ1) is 19.2. The van der Waals surface area contributed by atoms with Gasteiger partial charge in [0, 0.05) is 26.2 Å². The van der Waals surface area contributed by atoms with Crippen LogP contribution in [0.3, 0.4) is 0 Å². The molecule has 0 aromatic heterocycles. The second-order valence-electron chi connectivity index (χ2n) is 7.42. The molecule has 2 aliphatic heterocycles. The number of likely N-dealkylation sites (tertiary alicyclic amines) is 1. The van der Waals surface area contributed by atoms with E-state index in [0.29, 0.717) is 31.3 Å². The summed E-state index contributed by atoms with van der Waals surface area (Å²) in [5.41, 5.74) is 0.972. The lowest BCUT2D eigenvalue weighted by Gasteiger charge is -2.33. The minimum atomic E-state index is -3.08. The van der Waals surface area contributed by atoms with Gasteiger partial charge in [-0.2, -0.15) is 0 Å². The molecule has 7 heteroatoms. The summed E-state index contributed by atoms with van der Waals surface area (Å²) in [6, 6.07) is 7.65. The van der Waals surface area contributed by atoms with Gasteiger partial charge in [-0.3, -0.25) is 4.79 Å². The Kier molecular flexibility index (Phi) is 5.87. The molecular formula is C19H28N2O4S. The number of sulfonamides is 1. The summed E-state index contributed by atoms with van der Waals surface area (Å²) in [5.74, 6) is 1.94. The number of carbonyl (C=O) groups excluding carboxylic acids is 1. The van der Waals surface area contributed by atoms with Crippen LogP contribution in [0.1, 0.15) is 24.8 Å². The molecule has 26 heavy (non-hydrogen) atoms. The Labute approximate surface area is 156 Å². The molecule has 2 saturated heterocycles. The molecule has 0 N–H and O–H groups in total. The van der Waals surface area contributed by atoms with Crippen molar-refractivity contribution in [2.24, 2.45) is 11.8 Å². The first-order valence-electron chi connectivity index (χ1n) is 9.22. The Bertz CT molecular complexity index is 742. The van der Waals surface area contributed by atoms with Crippen LogP contribution in [-0.4, -0.2) is 63.1 Å². The minimum absolute atomic E-state index is 0.161. The first-order chi connectivity index (χ1) is 12.4. The molecule has 2 fully saturated rings. The Hall–Kier alpha value is -1.60. The number of carbonyl (C=O) groups is 1. The van der Waals surface area contributed by atoms with Crippen LogP contribution in [0.4, 0.5) is 0 Å². The smallest absolute Gasteiger partial charge is 0.227 e. The maximum absolute atomic E-state index is 12.6. The Balaban J connectivity index is 1.51. The van der Waals surface area contributed by atoms with Gasteiger partial charge in [0.15, 0.2) is 0 Å². The Morgan fingerprint density at radius 3 is 2.50 bits per heavy atom. The number of methoxy groups -OCH3 is 1. The van der Waals surface area contributed by atoms with Gasteiger partial charge in [0.25, 0.3) is 0 Å². The van der Waals surface area contributed by atoms with E-state index in [9.17, 15) is 13.2 Å². The Morgan fingerprint density at radius 2 is 1.85 bits per heavy atom. The number of benzene rings is 1. The number of nitrogens with zero attached hydrogens (tertiary/aromatic N) is 2. The number of rotatable bonds is 5. The summed E-state index contributed by atoms with van der Waals surface area (Å²) in [6.07, 6.45) is 4.50. The topological polar surface area (TPSA) is 66.9 Å². The van der Waals surface area contributed by atoms with Crippen LogP contribution in [0, 0.1) is 11.8 Å². The van der Waals surface area contributed by atoms with Gasteiger partial charge in [0.05, 0.1) is 19.8 Å². The van der Waals surface area contributed by atoms with Gasteiger partial charge in [-0.1, -0.05) is 12.1 Å². The van der Waals surface area contributed by atoms with Crippen molar-refractivity contribution in [3.8, 4) is 5.75 Å². The number of hydrogen-bond donors (Lipinski definition) is 0. The quantitative estimate of drug-likeness (QED) is 0.781. The van der Waals surface area contributed by atoms with E-state index in [2.05, 4.69) is 0 Å². The summed E-state index contributed by atoms with van der Waals surface area (Å²) in [6.45, 7) is 2.82. The highest BCUT2D eigenvalue weighted by Crippen LogP contribution is 2.32. The number of piperidine rings is 1. The van der Waals surface area contributed by atoms with Crippen molar-refractivity contribution in [2.45, 2.75) is 25.7 Å². The summed E-state index contributed by atoms with van der Waals surface area (Å²) >= 11 is 0. The fourth-order valence-corrected chi connectivity index (χ4v) is 5.02. The van der Waals surface area contributed by atoms with Crippen molar-refractivity contribution in [3.63, 3.8) is 0 Å². The predicted octanol–water partition coefficient (Wildman–Crippen LogP) is 1.76. The monoisotopic (exact) mass is 380 g/mol. The zero-order valence-corrected chi connectivity index (χ0v) is 16.4. The molecule has 1 unspecified atom stereocenters. The van der Waals surface area contributed by atoms with Crippen LogP contribution in [0.25, 0.3) is 0 Å². The van der Waals surface area contributed by atoms with Gasteiger partial charge in [-0.15, -0.1) is 0 Å². The van der Waals surface area contributed by atoms with Crippen LogP contribution in [0.5, 0.6) is 5.75 Å². The molecule has 0 aliphatic carbocycles. The molecule has 2 aliphatic rings. The van der Waals surface area contributed by atoms with Crippen LogP contribution >= 0.6 is 0 Å². The first-order valence-corrected chi connectivity index (χ1v) is 11.1. The maximum atomic E-state index is 12.6. The molecule has 144 valence electrons. The van der Waals surface area contributed by atoms with Crippen LogP contribution < -0.4 is 4.74 Å². The predicted molar refractivity (Wildman–Crippen MR) is 101 cm³/mol. The van der Waals surface area contributed by atoms with Gasteiger partial charge in [-0.25, -0.2) is 12.7 Å². The molecule has 0 saturated carbocycles. The van der Waals surface area contributed by atoms with E-state index in [0.717, 1.165) is 43.7 Å². The van der Waals surface area contributed by atoms with Crippen LogP contribution in [0.15, 0.2) is 24.3 Å². The van der Waals surface area contributed by atoms with Crippen LogP contribution in [0.2, 0.25) is 0 Å². The molecule has 0 bridgehead atoms. The summed E-state index contributed by atoms with van der Waals surface area (Å²) in [5, 5.41) is 0. The van der Waals surface area contributed by atoms with E-state index in [1.807, 2.05) is 29.2 Å². The SMILES string of the molecule is COc1cccc(CC(=O)N2CCC(C3CCN(S(C)(=O)=O)CC3)C2)c1. The van der Waals surface area contributed by atoms with Gasteiger partial charge in [-0.05, 0) is 48.8 Å². The van der Waals surface area contributed by atoms with E-state index in [1.54, 1.807) is 11.4 Å². The fourth-order valence-electron chi connectivity index (χ4n) is 4.15. The normalized spacial score (nSPS) is 22.5. The average Bonchev–Trinajstić information content (AvgIpc) is 3.11. The highest BCUT2D eigenvalue weighted by atomic mass is 32.2. The van der Waals surface area contributed by atoms with Crippen molar-refractivity contribution in [2.75, 3.05) is 39.5 Å². The van der Waals surface area contributed by atoms with Crippen molar-refractivity contribution in [1.82, 2.24) is 9.21 Å². The Morgan fingerprint density at radius 1 is 1.15 bits per heavy atom. The van der Waals surface area contributed by atoms with Crippen molar-refractivity contribution in [1.29, 1.82) is 0 Å². The average molecular weight is 381 g/mol. The second kappa shape index (κ2) is 7.96. The standard InChI is InChI=1S/C19H28N2O4S/c1-25-18-5-3-4-15(12-18)13-19(22)20-9-6-17(14-20)16-7-10-21(11-8-16)26(2,23)24/h3-5,12,16-17H,6-11,13-14H2,1-2H3. The molecule has 3 rings (SSSR count). The third kappa shape index (κ3) is 4.57. The molecule has 2 heterocycles. The molecular weight excluding hydrogens is 352 g/mol. The fraction of sp³-hybridized carbons (Fsp3) is 0.632. The molecule has 6 nitrogen and oxygen atoms in total. The van der Waals surface area contributed by atoms with Gasteiger partial charge in [0.2, 0.25) is 15.9 Å². The molecule has 1 amide bonds. The second-order valence-corrected chi connectivity index (χ2v) is 9.40. The largest absolute Gasteiger partial charge is 0.497 e. The van der Waals surface area contributed by atoms with E-state index in [1.165, 1.54) is 6.26 Å². The van der Waals surface area contributed by atoms with E-state index in [-0.39, 0.29) is 5.91 Å². The van der Waals surface area contributed by atoms with E-state index in [4.69, 9.17) is 4.74 Å². The summed E-state index contributed by atoms with van der Waals surface area (Å²) in [4.78, 5) is 14.6.